The van der Waals surface area contributed by atoms with E-state index in [4.69, 9.17) is 10.8 Å². The smallest absolute Gasteiger partial charge is 0.311 e. The van der Waals surface area contributed by atoms with Crippen molar-refractivity contribution in [2.75, 3.05) is 5.73 Å². The summed E-state index contributed by atoms with van der Waals surface area (Å²) in [6, 6.07) is 3.95. The molecule has 1 unspecified atom stereocenters. The fourth-order valence-electron chi connectivity index (χ4n) is 1.96. The van der Waals surface area contributed by atoms with Crippen molar-refractivity contribution in [1.29, 1.82) is 0 Å². The van der Waals surface area contributed by atoms with Gasteiger partial charge in [0.1, 0.15) is 0 Å². The Morgan fingerprint density at radius 3 is 2.65 bits per heavy atom. The molecule has 1 aliphatic rings. The molecule has 0 spiro atoms. The molecule has 6 heteroatoms. The lowest BCUT2D eigenvalue weighted by Crippen LogP contribution is -2.15. The second kappa shape index (κ2) is 4.04. The topological polar surface area (TPSA) is 106 Å². The number of carbonyl (C=O) groups is 1. The van der Waals surface area contributed by atoms with Gasteiger partial charge in [0.2, 0.25) is 0 Å². The van der Waals surface area contributed by atoms with Gasteiger partial charge in [0.15, 0.2) is 0 Å². The number of nitrogen functional groups attached to an aromatic ring is 1. The summed E-state index contributed by atoms with van der Waals surface area (Å²) in [7, 11) is 0. The van der Waals surface area contributed by atoms with Gasteiger partial charge in [-0.05, 0) is 30.4 Å². The van der Waals surface area contributed by atoms with E-state index in [9.17, 15) is 14.9 Å². The molecule has 0 aromatic heterocycles. The first-order chi connectivity index (χ1) is 8.00. The standard InChI is InChI=1S/C11H12N2O4/c12-9-4-3-7(13(16)17)5-8(9)10(11(14)15)6-1-2-6/h3-6,10H,1-2,12H2,(H,14,15). The maximum atomic E-state index is 11.2. The van der Waals surface area contributed by atoms with Crippen LogP contribution in [0.4, 0.5) is 11.4 Å². The van der Waals surface area contributed by atoms with E-state index in [1.807, 2.05) is 0 Å². The number of nitro benzene ring substituents is 1. The Morgan fingerprint density at radius 2 is 2.18 bits per heavy atom. The molecule has 1 atom stereocenters. The van der Waals surface area contributed by atoms with Gasteiger partial charge in [-0.25, -0.2) is 0 Å². The number of non-ortho nitro benzene ring substituents is 1. The summed E-state index contributed by atoms with van der Waals surface area (Å²) in [5, 5.41) is 19.8. The molecule has 1 fully saturated rings. The maximum Gasteiger partial charge on any atom is 0.311 e. The number of benzene rings is 1. The average Bonchev–Trinajstić information content (AvgIpc) is 3.04. The molecule has 17 heavy (non-hydrogen) atoms. The molecule has 1 aromatic carbocycles. The Hall–Kier alpha value is -2.11. The molecule has 1 aliphatic carbocycles. The van der Waals surface area contributed by atoms with Crippen molar-refractivity contribution in [3.05, 3.63) is 33.9 Å². The predicted molar refractivity (Wildman–Crippen MR) is 60.6 cm³/mol. The van der Waals surface area contributed by atoms with E-state index in [0.717, 1.165) is 12.8 Å². The number of rotatable bonds is 4. The summed E-state index contributed by atoms with van der Waals surface area (Å²) >= 11 is 0. The first-order valence-corrected chi connectivity index (χ1v) is 5.27. The van der Waals surface area contributed by atoms with Crippen molar-refractivity contribution in [2.45, 2.75) is 18.8 Å². The van der Waals surface area contributed by atoms with Gasteiger partial charge in [-0.3, -0.25) is 14.9 Å². The predicted octanol–water partition coefficient (Wildman–Crippen LogP) is 1.76. The van der Waals surface area contributed by atoms with Crippen LogP contribution in [0.2, 0.25) is 0 Å². The largest absolute Gasteiger partial charge is 0.481 e. The van der Waals surface area contributed by atoms with Crippen LogP contribution in [0.15, 0.2) is 18.2 Å². The van der Waals surface area contributed by atoms with Crippen LogP contribution in [0, 0.1) is 16.0 Å². The number of nitro groups is 1. The van der Waals surface area contributed by atoms with Crippen LogP contribution >= 0.6 is 0 Å². The van der Waals surface area contributed by atoms with Crippen molar-refractivity contribution in [3.8, 4) is 0 Å². The Labute approximate surface area is 97.2 Å². The molecular weight excluding hydrogens is 224 g/mol. The second-order valence-electron chi connectivity index (χ2n) is 4.22. The third-order valence-corrected chi connectivity index (χ3v) is 2.98. The molecule has 6 nitrogen and oxygen atoms in total. The minimum atomic E-state index is -0.973. The number of hydrogen-bond donors (Lipinski definition) is 2. The van der Waals surface area contributed by atoms with Gasteiger partial charge in [-0.2, -0.15) is 0 Å². The van der Waals surface area contributed by atoms with Crippen LogP contribution in [-0.4, -0.2) is 16.0 Å². The maximum absolute atomic E-state index is 11.2. The van der Waals surface area contributed by atoms with E-state index in [-0.39, 0.29) is 11.6 Å². The lowest BCUT2D eigenvalue weighted by molar-refractivity contribution is -0.384. The van der Waals surface area contributed by atoms with E-state index in [2.05, 4.69) is 0 Å². The van der Waals surface area contributed by atoms with Crippen LogP contribution in [0.1, 0.15) is 24.3 Å². The highest BCUT2D eigenvalue weighted by molar-refractivity contribution is 5.80. The molecule has 90 valence electrons. The van der Waals surface area contributed by atoms with Gasteiger partial charge in [0.05, 0.1) is 10.8 Å². The van der Waals surface area contributed by atoms with E-state index in [1.165, 1.54) is 18.2 Å². The van der Waals surface area contributed by atoms with Gasteiger partial charge in [0.25, 0.3) is 5.69 Å². The van der Waals surface area contributed by atoms with Crippen LogP contribution in [0.5, 0.6) is 0 Å². The highest BCUT2D eigenvalue weighted by Crippen LogP contribution is 2.44. The minimum Gasteiger partial charge on any atom is -0.481 e. The number of nitrogens with zero attached hydrogens (tertiary/aromatic N) is 1. The van der Waals surface area contributed by atoms with Gasteiger partial charge in [0, 0.05) is 17.8 Å². The molecule has 0 radical (unpaired) electrons. The fraction of sp³-hybridized carbons (Fsp3) is 0.364. The summed E-state index contributed by atoms with van der Waals surface area (Å²) < 4.78 is 0. The zero-order valence-electron chi connectivity index (χ0n) is 9.00. The molecule has 1 aromatic rings. The molecule has 1 saturated carbocycles. The van der Waals surface area contributed by atoms with Gasteiger partial charge < -0.3 is 10.8 Å². The molecule has 0 aliphatic heterocycles. The third kappa shape index (κ3) is 2.20. The van der Waals surface area contributed by atoms with E-state index in [1.54, 1.807) is 0 Å². The van der Waals surface area contributed by atoms with Gasteiger partial charge in [-0.1, -0.05) is 0 Å². The highest BCUT2D eigenvalue weighted by Gasteiger charge is 2.38. The fourth-order valence-corrected chi connectivity index (χ4v) is 1.96. The van der Waals surface area contributed by atoms with Crippen LogP contribution in [-0.2, 0) is 4.79 Å². The van der Waals surface area contributed by atoms with Crippen molar-refractivity contribution < 1.29 is 14.8 Å². The Bertz CT molecular complexity index is 482. The molecule has 0 bridgehead atoms. The highest BCUT2D eigenvalue weighted by atomic mass is 16.6. The summed E-state index contributed by atoms with van der Waals surface area (Å²) in [5.41, 5.74) is 6.24. The van der Waals surface area contributed by atoms with Crippen molar-refractivity contribution >= 4 is 17.3 Å². The van der Waals surface area contributed by atoms with Gasteiger partial charge in [-0.15, -0.1) is 0 Å². The van der Waals surface area contributed by atoms with Crippen molar-refractivity contribution in [2.24, 2.45) is 5.92 Å². The van der Waals surface area contributed by atoms with E-state index < -0.39 is 16.8 Å². The van der Waals surface area contributed by atoms with E-state index in [0.29, 0.717) is 11.3 Å². The van der Waals surface area contributed by atoms with Crippen molar-refractivity contribution in [3.63, 3.8) is 0 Å². The Kier molecular flexibility index (Phi) is 2.71. The van der Waals surface area contributed by atoms with Crippen LogP contribution < -0.4 is 5.73 Å². The third-order valence-electron chi connectivity index (χ3n) is 2.98. The number of aliphatic carboxylic acids is 1. The summed E-state index contributed by atoms with van der Waals surface area (Å²) in [6.07, 6.45) is 1.66. The SMILES string of the molecule is Nc1ccc([N+](=O)[O-])cc1C(C(=O)O)C1CC1. The van der Waals surface area contributed by atoms with Crippen molar-refractivity contribution in [1.82, 2.24) is 0 Å². The number of nitrogens with two attached hydrogens (primary N) is 1. The minimum absolute atomic E-state index is 0.0526. The summed E-state index contributed by atoms with van der Waals surface area (Å²) in [6.45, 7) is 0. The second-order valence-corrected chi connectivity index (χ2v) is 4.22. The number of carboxylic acids is 1. The zero-order chi connectivity index (χ0) is 12.6. The Morgan fingerprint density at radius 1 is 1.53 bits per heavy atom. The first kappa shape index (κ1) is 11.4. The van der Waals surface area contributed by atoms with Crippen LogP contribution in [0.3, 0.4) is 0 Å². The lowest BCUT2D eigenvalue weighted by Gasteiger charge is -2.13. The number of hydrogen-bond acceptors (Lipinski definition) is 4. The molecule has 3 N–H and O–H groups in total. The van der Waals surface area contributed by atoms with E-state index >= 15 is 0 Å². The lowest BCUT2D eigenvalue weighted by atomic mass is 9.92. The normalized spacial score (nSPS) is 16.5. The zero-order valence-corrected chi connectivity index (χ0v) is 9.00. The Balaban J connectivity index is 2.44. The summed E-state index contributed by atoms with van der Waals surface area (Å²) in [5.74, 6) is -1.65. The summed E-state index contributed by atoms with van der Waals surface area (Å²) in [4.78, 5) is 21.3. The monoisotopic (exact) mass is 236 g/mol. The number of anilines is 1. The molecule has 0 saturated heterocycles. The molecular formula is C11H12N2O4. The molecule has 0 heterocycles. The van der Waals surface area contributed by atoms with Crippen LogP contribution in [0.25, 0.3) is 0 Å². The van der Waals surface area contributed by atoms with Gasteiger partial charge >= 0.3 is 5.97 Å². The average molecular weight is 236 g/mol. The quantitative estimate of drug-likeness (QED) is 0.470. The first-order valence-electron chi connectivity index (χ1n) is 5.27. The molecule has 0 amide bonds. The number of carboxylic acid groups (broad SMARTS) is 1. The molecule has 2 rings (SSSR count).